The molecule has 0 spiro atoms. The van der Waals surface area contributed by atoms with Gasteiger partial charge in [-0.2, -0.15) is 13.2 Å². The van der Waals surface area contributed by atoms with Crippen molar-refractivity contribution in [2.45, 2.75) is 19.1 Å². The molecule has 0 aromatic heterocycles. The number of anilines is 1. The maximum atomic E-state index is 12.9. The Morgan fingerprint density at radius 2 is 1.67 bits per heavy atom. The molecule has 0 amide bonds. The first-order valence-electron chi connectivity index (χ1n) is 8.67. The third kappa shape index (κ3) is 4.21. The molecule has 144 valence electrons. The second kappa shape index (κ2) is 7.56. The van der Waals surface area contributed by atoms with Crippen molar-refractivity contribution >= 4 is 11.4 Å². The van der Waals surface area contributed by atoms with E-state index in [0.717, 1.165) is 6.07 Å². The number of rotatable bonds is 4. The van der Waals surface area contributed by atoms with E-state index >= 15 is 0 Å². The Hall–Kier alpha value is -2.61. The zero-order valence-electron chi connectivity index (χ0n) is 14.8. The van der Waals surface area contributed by atoms with Crippen LogP contribution in [-0.2, 0) is 6.18 Å². The molecule has 1 aliphatic heterocycles. The molecule has 0 N–H and O–H groups in total. The number of hydrogen-bond acceptors (Lipinski definition) is 4. The number of nitrogens with zero attached hydrogens (tertiary/aromatic N) is 3. The number of piperazine rings is 1. The van der Waals surface area contributed by atoms with Gasteiger partial charge in [0.1, 0.15) is 5.69 Å². The van der Waals surface area contributed by atoms with Gasteiger partial charge in [0.05, 0.1) is 10.5 Å². The molecule has 0 bridgehead atoms. The smallest absolute Gasteiger partial charge is 0.363 e. The monoisotopic (exact) mass is 379 g/mol. The highest BCUT2D eigenvalue weighted by atomic mass is 19.4. The third-order valence-corrected chi connectivity index (χ3v) is 4.98. The predicted molar refractivity (Wildman–Crippen MR) is 96.7 cm³/mol. The lowest BCUT2D eigenvalue weighted by molar-refractivity contribution is -0.384. The summed E-state index contributed by atoms with van der Waals surface area (Å²) < 4.78 is 38.6. The van der Waals surface area contributed by atoms with Crippen LogP contribution in [0.15, 0.2) is 48.5 Å². The van der Waals surface area contributed by atoms with Gasteiger partial charge < -0.3 is 4.90 Å². The summed E-state index contributed by atoms with van der Waals surface area (Å²) >= 11 is 0. The van der Waals surface area contributed by atoms with Crippen LogP contribution in [0.2, 0.25) is 0 Å². The third-order valence-electron chi connectivity index (χ3n) is 4.98. The average molecular weight is 379 g/mol. The van der Waals surface area contributed by atoms with Crippen LogP contribution in [0.1, 0.15) is 24.1 Å². The van der Waals surface area contributed by atoms with Crippen LogP contribution in [0.4, 0.5) is 24.5 Å². The van der Waals surface area contributed by atoms with Gasteiger partial charge in [-0.3, -0.25) is 15.0 Å². The largest absolute Gasteiger partial charge is 0.416 e. The summed E-state index contributed by atoms with van der Waals surface area (Å²) in [5.41, 5.74) is -0.0878. The van der Waals surface area contributed by atoms with Crippen LogP contribution in [0.25, 0.3) is 0 Å². The summed E-state index contributed by atoms with van der Waals surface area (Å²) in [6, 6.07) is 13.0. The van der Waals surface area contributed by atoms with Crippen LogP contribution in [-0.4, -0.2) is 36.0 Å². The Kier molecular flexibility index (Phi) is 5.36. The highest BCUT2D eigenvalue weighted by Crippen LogP contribution is 2.37. The van der Waals surface area contributed by atoms with Crippen molar-refractivity contribution in [2.24, 2.45) is 0 Å². The Labute approximate surface area is 155 Å². The van der Waals surface area contributed by atoms with Gasteiger partial charge >= 0.3 is 6.18 Å². The van der Waals surface area contributed by atoms with E-state index in [4.69, 9.17) is 0 Å². The molecule has 1 heterocycles. The van der Waals surface area contributed by atoms with Crippen molar-refractivity contribution in [3.63, 3.8) is 0 Å². The van der Waals surface area contributed by atoms with Gasteiger partial charge in [-0.25, -0.2) is 0 Å². The fourth-order valence-corrected chi connectivity index (χ4v) is 3.41. The second-order valence-electron chi connectivity index (χ2n) is 6.57. The lowest BCUT2D eigenvalue weighted by atomic mass is 10.1. The molecule has 0 unspecified atom stereocenters. The molecule has 0 saturated carbocycles. The first kappa shape index (κ1) is 19.2. The molecule has 2 aromatic carbocycles. The molecule has 1 aliphatic rings. The van der Waals surface area contributed by atoms with Crippen molar-refractivity contribution in [3.05, 3.63) is 69.8 Å². The first-order valence-corrected chi connectivity index (χ1v) is 8.67. The van der Waals surface area contributed by atoms with Crippen LogP contribution >= 0.6 is 0 Å². The van der Waals surface area contributed by atoms with Crippen molar-refractivity contribution < 1.29 is 18.1 Å². The summed E-state index contributed by atoms with van der Waals surface area (Å²) in [6.07, 6.45) is -4.60. The molecule has 5 nitrogen and oxygen atoms in total. The second-order valence-corrected chi connectivity index (χ2v) is 6.57. The highest BCUT2D eigenvalue weighted by molar-refractivity contribution is 5.65. The van der Waals surface area contributed by atoms with Crippen molar-refractivity contribution in [1.29, 1.82) is 0 Å². The molecule has 27 heavy (non-hydrogen) atoms. The van der Waals surface area contributed by atoms with Crippen molar-refractivity contribution in [3.8, 4) is 0 Å². The Morgan fingerprint density at radius 1 is 1.04 bits per heavy atom. The van der Waals surface area contributed by atoms with Gasteiger partial charge in [-0.15, -0.1) is 0 Å². The zero-order valence-corrected chi connectivity index (χ0v) is 14.8. The molecule has 0 aliphatic carbocycles. The van der Waals surface area contributed by atoms with Crippen LogP contribution < -0.4 is 4.90 Å². The van der Waals surface area contributed by atoms with E-state index in [9.17, 15) is 23.3 Å². The van der Waals surface area contributed by atoms with E-state index in [-0.39, 0.29) is 11.7 Å². The summed E-state index contributed by atoms with van der Waals surface area (Å²) in [5, 5.41) is 11.3. The first-order chi connectivity index (χ1) is 12.8. The van der Waals surface area contributed by atoms with Gasteiger partial charge in [0, 0.05) is 38.3 Å². The van der Waals surface area contributed by atoms with E-state index in [0.29, 0.717) is 32.2 Å². The molecule has 1 saturated heterocycles. The van der Waals surface area contributed by atoms with Gasteiger partial charge in [-0.05, 0) is 24.6 Å². The number of nitro benzene ring substituents is 1. The summed E-state index contributed by atoms with van der Waals surface area (Å²) in [7, 11) is 0. The molecule has 8 heteroatoms. The van der Waals surface area contributed by atoms with Crippen LogP contribution in [0.3, 0.4) is 0 Å². The van der Waals surface area contributed by atoms with E-state index in [1.807, 2.05) is 18.2 Å². The lowest BCUT2D eigenvalue weighted by Crippen LogP contribution is -2.47. The normalized spacial score (nSPS) is 17.0. The minimum atomic E-state index is -4.60. The standard InChI is InChI=1S/C19H20F3N3O2/c1-14(15-5-3-2-4-6-15)23-9-11-24(12-10-23)17-8-7-16(19(20,21)22)13-18(17)25(26)27/h2-8,13-14H,9-12H2,1H3/t14-/m1/s1. The van der Waals surface area contributed by atoms with E-state index in [2.05, 4.69) is 24.0 Å². The van der Waals surface area contributed by atoms with Crippen molar-refractivity contribution in [1.82, 2.24) is 4.90 Å². The average Bonchev–Trinajstić information content (AvgIpc) is 2.67. The maximum absolute atomic E-state index is 12.9. The summed E-state index contributed by atoms with van der Waals surface area (Å²) in [4.78, 5) is 14.6. The number of hydrogen-bond donors (Lipinski definition) is 0. The van der Waals surface area contributed by atoms with Gasteiger partial charge in [0.25, 0.3) is 5.69 Å². The fourth-order valence-electron chi connectivity index (χ4n) is 3.41. The van der Waals surface area contributed by atoms with E-state index in [1.54, 1.807) is 4.90 Å². The maximum Gasteiger partial charge on any atom is 0.416 e. The minimum Gasteiger partial charge on any atom is -0.363 e. The molecule has 3 rings (SSSR count). The molecular weight excluding hydrogens is 359 g/mol. The predicted octanol–water partition coefficient (Wildman–Crippen LogP) is 4.50. The number of halogens is 3. The fraction of sp³-hybridized carbons (Fsp3) is 0.368. The van der Waals surface area contributed by atoms with Gasteiger partial charge in [-0.1, -0.05) is 30.3 Å². The summed E-state index contributed by atoms with van der Waals surface area (Å²) in [6.45, 7) is 4.49. The molecule has 1 fully saturated rings. The summed E-state index contributed by atoms with van der Waals surface area (Å²) in [5.74, 6) is 0. The Morgan fingerprint density at radius 3 is 2.22 bits per heavy atom. The van der Waals surface area contributed by atoms with Gasteiger partial charge in [0.15, 0.2) is 0 Å². The SMILES string of the molecule is C[C@H](c1ccccc1)N1CCN(c2ccc(C(F)(F)F)cc2[N+](=O)[O-])CC1. The topological polar surface area (TPSA) is 49.6 Å². The lowest BCUT2D eigenvalue weighted by Gasteiger charge is -2.39. The Bertz CT molecular complexity index is 804. The van der Waals surface area contributed by atoms with Gasteiger partial charge in [0.2, 0.25) is 0 Å². The molecular formula is C19H20F3N3O2. The molecule has 1 atom stereocenters. The van der Waals surface area contributed by atoms with E-state index < -0.39 is 22.4 Å². The van der Waals surface area contributed by atoms with Crippen molar-refractivity contribution in [2.75, 3.05) is 31.1 Å². The van der Waals surface area contributed by atoms with E-state index in [1.165, 1.54) is 11.6 Å². The molecule has 0 radical (unpaired) electrons. The number of alkyl halides is 3. The number of benzene rings is 2. The van der Waals surface area contributed by atoms with Crippen LogP contribution in [0, 0.1) is 10.1 Å². The zero-order chi connectivity index (χ0) is 19.6. The minimum absolute atomic E-state index is 0.205. The molecule has 2 aromatic rings. The Balaban J connectivity index is 1.75. The van der Waals surface area contributed by atoms with Crippen LogP contribution in [0.5, 0.6) is 0 Å². The highest BCUT2D eigenvalue weighted by Gasteiger charge is 2.34. The quantitative estimate of drug-likeness (QED) is 0.580. The number of nitro groups is 1.